The van der Waals surface area contributed by atoms with Gasteiger partial charge in [-0.15, -0.1) is 0 Å². The lowest BCUT2D eigenvalue weighted by molar-refractivity contribution is 0.0864. The molecule has 2 aliphatic rings. The summed E-state index contributed by atoms with van der Waals surface area (Å²) >= 11 is 0. The minimum atomic E-state index is -0.128. The Morgan fingerprint density at radius 1 is 1.08 bits per heavy atom. The number of nitrogens with zero attached hydrogens (tertiary/aromatic N) is 1. The molecule has 0 aromatic heterocycles. The fourth-order valence-corrected chi connectivity index (χ4v) is 3.74. The molecular weight excluding hydrogens is 314 g/mol. The quantitative estimate of drug-likeness (QED) is 0.800. The maximum Gasteiger partial charge on any atom is 0.179 e. The summed E-state index contributed by atoms with van der Waals surface area (Å²) in [6, 6.07) is 16.0. The predicted octanol–water partition coefficient (Wildman–Crippen LogP) is 3.52. The zero-order valence-corrected chi connectivity index (χ0v) is 14.5. The van der Waals surface area contributed by atoms with Gasteiger partial charge in [0, 0.05) is 12.1 Å². The molecule has 1 fully saturated rings. The van der Waals surface area contributed by atoms with E-state index in [0.29, 0.717) is 30.4 Å². The molecule has 0 saturated carbocycles. The molecule has 4 nitrogen and oxygen atoms in total. The van der Waals surface area contributed by atoms with Crippen molar-refractivity contribution < 1.29 is 14.3 Å². The van der Waals surface area contributed by atoms with E-state index in [9.17, 15) is 4.79 Å². The highest BCUT2D eigenvalue weighted by Crippen LogP contribution is 2.32. The van der Waals surface area contributed by atoms with E-state index >= 15 is 0 Å². The predicted molar refractivity (Wildman–Crippen MR) is 96.6 cm³/mol. The Kier molecular flexibility index (Phi) is 4.45. The van der Waals surface area contributed by atoms with Crippen LogP contribution < -0.4 is 9.47 Å². The zero-order chi connectivity index (χ0) is 17.2. The third-order valence-corrected chi connectivity index (χ3v) is 5.24. The van der Waals surface area contributed by atoms with Crippen LogP contribution in [0.5, 0.6) is 11.5 Å². The maximum atomic E-state index is 12.9. The van der Waals surface area contributed by atoms with Crippen LogP contribution in [-0.4, -0.2) is 43.0 Å². The summed E-state index contributed by atoms with van der Waals surface area (Å²) in [4.78, 5) is 15.2. The van der Waals surface area contributed by atoms with Crippen molar-refractivity contribution in [1.29, 1.82) is 0 Å². The monoisotopic (exact) mass is 337 g/mol. The van der Waals surface area contributed by atoms with Gasteiger partial charge in [-0.05, 0) is 49.6 Å². The Morgan fingerprint density at radius 2 is 1.84 bits per heavy atom. The van der Waals surface area contributed by atoms with Gasteiger partial charge in [0.15, 0.2) is 17.3 Å². The highest BCUT2D eigenvalue weighted by Gasteiger charge is 2.31. The van der Waals surface area contributed by atoms with E-state index in [1.165, 1.54) is 5.56 Å². The number of carbonyl (C=O) groups is 1. The number of carbonyl (C=O) groups excluding carboxylic acids is 1. The first-order valence-corrected chi connectivity index (χ1v) is 8.95. The van der Waals surface area contributed by atoms with Crippen molar-refractivity contribution in [3.63, 3.8) is 0 Å². The number of likely N-dealkylation sites (tertiary alicyclic amines) is 1. The van der Waals surface area contributed by atoms with Gasteiger partial charge in [0.1, 0.15) is 13.2 Å². The molecule has 0 radical (unpaired) electrons. The van der Waals surface area contributed by atoms with Crippen molar-refractivity contribution in [2.45, 2.75) is 25.3 Å². The van der Waals surface area contributed by atoms with Crippen LogP contribution in [-0.2, 0) is 0 Å². The van der Waals surface area contributed by atoms with Crippen LogP contribution in [0.4, 0.5) is 0 Å². The Morgan fingerprint density at radius 3 is 2.64 bits per heavy atom. The second-order valence-corrected chi connectivity index (χ2v) is 6.79. The SMILES string of the molecule is CC(C(=O)c1ccc2c(c1)OCCO2)N1CCC(c2ccccc2)C1. The third kappa shape index (κ3) is 3.27. The Labute approximate surface area is 148 Å². The van der Waals surface area contributed by atoms with Crippen LogP contribution in [0.25, 0.3) is 0 Å². The van der Waals surface area contributed by atoms with E-state index in [-0.39, 0.29) is 11.8 Å². The zero-order valence-electron chi connectivity index (χ0n) is 14.5. The van der Waals surface area contributed by atoms with Crippen LogP contribution in [0.1, 0.15) is 35.2 Å². The first-order chi connectivity index (χ1) is 12.2. The lowest BCUT2D eigenvalue weighted by Gasteiger charge is -2.24. The van der Waals surface area contributed by atoms with Crippen molar-refractivity contribution in [3.8, 4) is 11.5 Å². The summed E-state index contributed by atoms with van der Waals surface area (Å²) < 4.78 is 11.1. The van der Waals surface area contributed by atoms with Crippen molar-refractivity contribution in [3.05, 3.63) is 59.7 Å². The molecule has 1 saturated heterocycles. The Balaban J connectivity index is 1.46. The summed E-state index contributed by atoms with van der Waals surface area (Å²) in [5.74, 6) is 2.05. The van der Waals surface area contributed by atoms with E-state index in [0.717, 1.165) is 25.3 Å². The molecule has 0 aliphatic carbocycles. The third-order valence-electron chi connectivity index (χ3n) is 5.24. The first kappa shape index (κ1) is 16.2. The molecule has 0 amide bonds. The van der Waals surface area contributed by atoms with Gasteiger partial charge in [-0.25, -0.2) is 0 Å². The van der Waals surface area contributed by atoms with E-state index in [2.05, 4.69) is 29.2 Å². The molecule has 2 heterocycles. The number of Topliss-reactive ketones (excluding diaryl/α,β-unsaturated/α-hetero) is 1. The van der Waals surface area contributed by atoms with Crippen molar-refractivity contribution in [2.24, 2.45) is 0 Å². The largest absolute Gasteiger partial charge is 0.486 e. The van der Waals surface area contributed by atoms with Gasteiger partial charge < -0.3 is 9.47 Å². The number of hydrogen-bond acceptors (Lipinski definition) is 4. The molecule has 2 aromatic rings. The molecule has 2 atom stereocenters. The molecule has 4 heteroatoms. The van der Waals surface area contributed by atoms with Gasteiger partial charge in [0.2, 0.25) is 0 Å². The van der Waals surface area contributed by atoms with E-state index in [4.69, 9.17) is 9.47 Å². The Bertz CT molecular complexity index is 759. The average molecular weight is 337 g/mol. The lowest BCUT2D eigenvalue weighted by atomic mass is 9.98. The van der Waals surface area contributed by atoms with E-state index in [1.54, 1.807) is 0 Å². The molecule has 2 unspecified atom stereocenters. The fraction of sp³-hybridized carbons (Fsp3) is 0.381. The van der Waals surface area contributed by atoms with Crippen LogP contribution in [0.2, 0.25) is 0 Å². The van der Waals surface area contributed by atoms with Gasteiger partial charge in [-0.1, -0.05) is 30.3 Å². The molecule has 0 bridgehead atoms. The summed E-state index contributed by atoms with van der Waals surface area (Å²) in [6.07, 6.45) is 1.10. The molecular formula is C21H23NO3. The highest BCUT2D eigenvalue weighted by molar-refractivity contribution is 6.00. The lowest BCUT2D eigenvalue weighted by Crippen LogP contribution is -2.37. The molecule has 130 valence electrons. The van der Waals surface area contributed by atoms with Crippen molar-refractivity contribution in [2.75, 3.05) is 26.3 Å². The second kappa shape index (κ2) is 6.89. The summed E-state index contributed by atoms with van der Waals surface area (Å²) in [7, 11) is 0. The van der Waals surface area contributed by atoms with Crippen molar-refractivity contribution in [1.82, 2.24) is 4.90 Å². The number of ether oxygens (including phenoxy) is 2. The van der Waals surface area contributed by atoms with Crippen LogP contribution in [0.15, 0.2) is 48.5 Å². The minimum Gasteiger partial charge on any atom is -0.486 e. The maximum absolute atomic E-state index is 12.9. The van der Waals surface area contributed by atoms with Crippen LogP contribution >= 0.6 is 0 Å². The van der Waals surface area contributed by atoms with Crippen LogP contribution in [0.3, 0.4) is 0 Å². The van der Waals surface area contributed by atoms with Crippen LogP contribution in [0, 0.1) is 0 Å². The first-order valence-electron chi connectivity index (χ1n) is 8.95. The molecule has 4 rings (SSSR count). The topological polar surface area (TPSA) is 38.8 Å². The van der Waals surface area contributed by atoms with Gasteiger partial charge >= 0.3 is 0 Å². The second-order valence-electron chi connectivity index (χ2n) is 6.79. The number of rotatable bonds is 4. The van der Waals surface area contributed by atoms with Gasteiger partial charge in [0.25, 0.3) is 0 Å². The van der Waals surface area contributed by atoms with Crippen molar-refractivity contribution >= 4 is 5.78 Å². The van der Waals surface area contributed by atoms with Gasteiger partial charge in [-0.3, -0.25) is 9.69 Å². The Hall–Kier alpha value is -2.33. The van der Waals surface area contributed by atoms with E-state index < -0.39 is 0 Å². The minimum absolute atomic E-state index is 0.128. The molecule has 25 heavy (non-hydrogen) atoms. The molecule has 2 aliphatic heterocycles. The summed E-state index contributed by atoms with van der Waals surface area (Å²) in [5, 5.41) is 0. The van der Waals surface area contributed by atoms with Gasteiger partial charge in [-0.2, -0.15) is 0 Å². The molecule has 0 spiro atoms. The van der Waals surface area contributed by atoms with Gasteiger partial charge in [0.05, 0.1) is 6.04 Å². The highest BCUT2D eigenvalue weighted by atomic mass is 16.6. The fourth-order valence-electron chi connectivity index (χ4n) is 3.74. The summed E-state index contributed by atoms with van der Waals surface area (Å²) in [6.45, 7) is 4.99. The number of ketones is 1. The normalized spacial score (nSPS) is 21.1. The molecule has 0 N–H and O–H groups in total. The smallest absolute Gasteiger partial charge is 0.179 e. The van der Waals surface area contributed by atoms with E-state index in [1.807, 2.05) is 31.2 Å². The summed E-state index contributed by atoms with van der Waals surface area (Å²) in [5.41, 5.74) is 2.06. The number of hydrogen-bond donors (Lipinski definition) is 0. The average Bonchev–Trinajstić information content (AvgIpc) is 3.17. The number of benzene rings is 2. The number of fused-ring (bicyclic) bond motifs is 1. The standard InChI is InChI=1S/C21H23NO3/c1-15(22-10-9-18(14-22)16-5-3-2-4-6-16)21(23)17-7-8-19-20(13-17)25-12-11-24-19/h2-8,13,15,18H,9-12,14H2,1H3. The molecule has 2 aromatic carbocycles.